The van der Waals surface area contributed by atoms with Crippen molar-refractivity contribution in [3.05, 3.63) is 59.5 Å². The molecule has 0 aliphatic carbocycles. The summed E-state index contributed by atoms with van der Waals surface area (Å²) in [4.78, 5) is 6.35. The van der Waals surface area contributed by atoms with Gasteiger partial charge in [-0.15, -0.1) is 0 Å². The highest BCUT2D eigenvalue weighted by Gasteiger charge is 2.12. The fourth-order valence-electron chi connectivity index (χ4n) is 2.07. The van der Waals surface area contributed by atoms with Crippen molar-refractivity contribution >= 4 is 5.82 Å². The van der Waals surface area contributed by atoms with Crippen LogP contribution in [0.4, 0.5) is 10.2 Å². The first-order valence-corrected chi connectivity index (χ1v) is 6.24. The van der Waals surface area contributed by atoms with Gasteiger partial charge in [-0.25, -0.2) is 9.37 Å². The number of anilines is 1. The fraction of sp³-hybridized carbons (Fsp3) is 0.267. The van der Waals surface area contributed by atoms with Crippen molar-refractivity contribution in [3.63, 3.8) is 0 Å². The SMILES string of the molecule is C[C@H](N)c1cccnc1N(C)Cc1cccc(F)c1. The van der Waals surface area contributed by atoms with Crippen molar-refractivity contribution in [3.8, 4) is 0 Å². The molecule has 100 valence electrons. The third kappa shape index (κ3) is 3.29. The van der Waals surface area contributed by atoms with Gasteiger partial charge in [0.15, 0.2) is 0 Å². The molecule has 0 saturated carbocycles. The van der Waals surface area contributed by atoms with Gasteiger partial charge >= 0.3 is 0 Å². The summed E-state index contributed by atoms with van der Waals surface area (Å²) in [5.74, 6) is 0.612. The van der Waals surface area contributed by atoms with Crippen LogP contribution in [0.3, 0.4) is 0 Å². The highest BCUT2D eigenvalue weighted by atomic mass is 19.1. The monoisotopic (exact) mass is 259 g/mol. The van der Waals surface area contributed by atoms with E-state index in [1.165, 1.54) is 12.1 Å². The predicted octanol–water partition coefficient (Wildman–Crippen LogP) is 2.88. The van der Waals surface area contributed by atoms with E-state index >= 15 is 0 Å². The summed E-state index contributed by atoms with van der Waals surface area (Å²) in [6.45, 7) is 2.52. The maximum atomic E-state index is 13.2. The van der Waals surface area contributed by atoms with Crippen molar-refractivity contribution in [2.45, 2.75) is 19.5 Å². The van der Waals surface area contributed by atoms with Crippen LogP contribution in [0, 0.1) is 5.82 Å². The Hall–Kier alpha value is -1.94. The van der Waals surface area contributed by atoms with E-state index < -0.39 is 0 Å². The van der Waals surface area contributed by atoms with Crippen molar-refractivity contribution in [1.82, 2.24) is 4.98 Å². The molecule has 0 radical (unpaired) electrons. The minimum Gasteiger partial charge on any atom is -0.355 e. The smallest absolute Gasteiger partial charge is 0.133 e. The second-order valence-electron chi connectivity index (χ2n) is 4.69. The molecule has 2 rings (SSSR count). The van der Waals surface area contributed by atoms with Crippen LogP contribution in [0.1, 0.15) is 24.1 Å². The molecule has 2 aromatic rings. The summed E-state index contributed by atoms with van der Waals surface area (Å²) >= 11 is 0. The van der Waals surface area contributed by atoms with Gasteiger partial charge in [0, 0.05) is 31.4 Å². The van der Waals surface area contributed by atoms with E-state index in [-0.39, 0.29) is 11.9 Å². The topological polar surface area (TPSA) is 42.1 Å². The number of benzene rings is 1. The molecule has 0 spiro atoms. The summed E-state index contributed by atoms with van der Waals surface area (Å²) in [6, 6.07) is 10.3. The van der Waals surface area contributed by atoms with Gasteiger partial charge in [-0.2, -0.15) is 0 Å². The molecule has 0 fully saturated rings. The van der Waals surface area contributed by atoms with Gasteiger partial charge in [0.25, 0.3) is 0 Å². The highest BCUT2D eigenvalue weighted by molar-refractivity contribution is 5.48. The average molecular weight is 259 g/mol. The molecule has 1 heterocycles. The van der Waals surface area contributed by atoms with Crippen LogP contribution in [0.5, 0.6) is 0 Å². The first-order valence-electron chi connectivity index (χ1n) is 6.24. The van der Waals surface area contributed by atoms with E-state index in [0.717, 1.165) is 16.9 Å². The number of nitrogens with two attached hydrogens (primary N) is 1. The van der Waals surface area contributed by atoms with Crippen LogP contribution in [0.2, 0.25) is 0 Å². The molecule has 0 amide bonds. The zero-order chi connectivity index (χ0) is 13.8. The molecule has 0 aliphatic heterocycles. The molecule has 3 nitrogen and oxygen atoms in total. The fourth-order valence-corrected chi connectivity index (χ4v) is 2.07. The Morgan fingerprint density at radius 3 is 2.79 bits per heavy atom. The summed E-state index contributed by atoms with van der Waals surface area (Å²) < 4.78 is 13.2. The first-order chi connectivity index (χ1) is 9.08. The maximum Gasteiger partial charge on any atom is 0.133 e. The number of nitrogens with zero attached hydrogens (tertiary/aromatic N) is 2. The van der Waals surface area contributed by atoms with Crippen LogP contribution in [-0.4, -0.2) is 12.0 Å². The molecule has 1 aromatic heterocycles. The van der Waals surface area contributed by atoms with E-state index in [9.17, 15) is 4.39 Å². The Kier molecular flexibility index (Phi) is 4.12. The predicted molar refractivity (Wildman–Crippen MR) is 75.3 cm³/mol. The van der Waals surface area contributed by atoms with E-state index in [0.29, 0.717) is 6.54 Å². The summed E-state index contributed by atoms with van der Waals surface area (Å²) in [6.07, 6.45) is 1.74. The van der Waals surface area contributed by atoms with Gasteiger partial charge in [0.1, 0.15) is 11.6 Å². The summed E-state index contributed by atoms with van der Waals surface area (Å²) in [5.41, 5.74) is 7.84. The molecule has 1 atom stereocenters. The lowest BCUT2D eigenvalue weighted by molar-refractivity contribution is 0.625. The standard InChI is InChI=1S/C15H18FN3/c1-11(17)14-7-4-8-18-15(14)19(2)10-12-5-3-6-13(16)9-12/h3-9,11H,10,17H2,1-2H3/t11-/m0/s1. The number of hydrogen-bond acceptors (Lipinski definition) is 3. The molecule has 1 aromatic carbocycles. The van der Waals surface area contributed by atoms with Crippen molar-refractivity contribution in [2.24, 2.45) is 5.73 Å². The van der Waals surface area contributed by atoms with Crippen molar-refractivity contribution in [1.29, 1.82) is 0 Å². The van der Waals surface area contributed by atoms with E-state index in [4.69, 9.17) is 5.73 Å². The maximum absolute atomic E-state index is 13.2. The number of aromatic nitrogens is 1. The molecule has 0 saturated heterocycles. The van der Waals surface area contributed by atoms with Crippen LogP contribution in [-0.2, 0) is 6.54 Å². The molecule has 0 bridgehead atoms. The van der Waals surface area contributed by atoms with Gasteiger partial charge in [0.2, 0.25) is 0 Å². The van der Waals surface area contributed by atoms with Crippen LogP contribution in [0.15, 0.2) is 42.6 Å². The van der Waals surface area contributed by atoms with Gasteiger partial charge in [-0.1, -0.05) is 18.2 Å². The van der Waals surface area contributed by atoms with Gasteiger partial charge in [-0.05, 0) is 30.7 Å². The molecule has 19 heavy (non-hydrogen) atoms. The zero-order valence-electron chi connectivity index (χ0n) is 11.2. The number of pyridine rings is 1. The average Bonchev–Trinajstić information content (AvgIpc) is 2.38. The van der Waals surface area contributed by atoms with Gasteiger partial charge in [-0.3, -0.25) is 0 Å². The molecule has 0 aliphatic rings. The van der Waals surface area contributed by atoms with Gasteiger partial charge in [0.05, 0.1) is 0 Å². The molecular weight excluding hydrogens is 241 g/mol. The molecular formula is C15H18FN3. The summed E-state index contributed by atoms with van der Waals surface area (Å²) in [5, 5.41) is 0. The largest absolute Gasteiger partial charge is 0.355 e. The summed E-state index contributed by atoms with van der Waals surface area (Å²) in [7, 11) is 1.93. The van der Waals surface area contributed by atoms with Crippen LogP contribution >= 0.6 is 0 Å². The van der Waals surface area contributed by atoms with E-state index in [1.807, 2.05) is 37.1 Å². The Balaban J connectivity index is 2.23. The van der Waals surface area contributed by atoms with E-state index in [2.05, 4.69) is 4.98 Å². The number of hydrogen-bond donors (Lipinski definition) is 1. The lowest BCUT2D eigenvalue weighted by atomic mass is 10.1. The Bertz CT molecular complexity index is 555. The second kappa shape index (κ2) is 5.80. The zero-order valence-corrected chi connectivity index (χ0v) is 11.2. The normalized spacial score (nSPS) is 12.2. The van der Waals surface area contributed by atoms with Crippen molar-refractivity contribution < 1.29 is 4.39 Å². The quantitative estimate of drug-likeness (QED) is 0.918. The van der Waals surface area contributed by atoms with Gasteiger partial charge < -0.3 is 10.6 Å². The Morgan fingerprint density at radius 2 is 2.11 bits per heavy atom. The minimum atomic E-state index is -0.223. The van der Waals surface area contributed by atoms with Crippen molar-refractivity contribution in [2.75, 3.05) is 11.9 Å². The lowest BCUT2D eigenvalue weighted by Crippen LogP contribution is -2.21. The second-order valence-corrected chi connectivity index (χ2v) is 4.69. The number of rotatable bonds is 4. The molecule has 2 N–H and O–H groups in total. The van der Waals surface area contributed by atoms with E-state index in [1.54, 1.807) is 12.3 Å². The minimum absolute atomic E-state index is 0.0846. The number of halogens is 1. The first kappa shape index (κ1) is 13.5. The molecule has 0 unspecified atom stereocenters. The highest BCUT2D eigenvalue weighted by Crippen LogP contribution is 2.22. The Labute approximate surface area is 112 Å². The van der Waals surface area contributed by atoms with Crippen LogP contribution in [0.25, 0.3) is 0 Å². The third-order valence-electron chi connectivity index (χ3n) is 2.98. The van der Waals surface area contributed by atoms with Crippen LogP contribution < -0.4 is 10.6 Å². The Morgan fingerprint density at radius 1 is 1.32 bits per heavy atom. The molecule has 4 heteroatoms. The lowest BCUT2D eigenvalue weighted by Gasteiger charge is -2.22. The third-order valence-corrected chi connectivity index (χ3v) is 2.98.